The number of anilines is 1. The summed E-state index contributed by atoms with van der Waals surface area (Å²) < 4.78 is 16.4. The van der Waals surface area contributed by atoms with Crippen LogP contribution in [0.2, 0.25) is 0 Å². The summed E-state index contributed by atoms with van der Waals surface area (Å²) in [6, 6.07) is 13.1. The molecular weight excluding hydrogens is 358 g/mol. The monoisotopic (exact) mass is 383 g/mol. The van der Waals surface area contributed by atoms with Crippen molar-refractivity contribution in [1.82, 2.24) is 0 Å². The van der Waals surface area contributed by atoms with E-state index in [2.05, 4.69) is 12.2 Å². The number of carbonyl (C=O) groups excluding carboxylic acids is 2. The number of hydrogen-bond acceptors (Lipinski definition) is 5. The minimum atomic E-state index is -0.619. The predicted octanol–water partition coefficient (Wildman–Crippen LogP) is 3.52. The van der Waals surface area contributed by atoms with Crippen LogP contribution in [-0.2, 0) is 27.2 Å². The van der Waals surface area contributed by atoms with Gasteiger partial charge in [0.25, 0.3) is 5.91 Å². The standard InChI is InChI=1S/C22H25NO5/c1-4-15-8-10-17(11-9-15)23-19(24)13-27-20(25)14-26-18-7-5-6-16-12-22(2,3)28-21(16)18/h5-11H,4,12-14H2,1-3H3,(H,23,24). The average Bonchev–Trinajstić information content (AvgIpc) is 2.99. The van der Waals surface area contributed by atoms with Gasteiger partial charge < -0.3 is 19.5 Å². The van der Waals surface area contributed by atoms with Gasteiger partial charge >= 0.3 is 5.97 Å². The highest BCUT2D eigenvalue weighted by atomic mass is 16.6. The number of amides is 1. The molecule has 0 atom stereocenters. The van der Waals surface area contributed by atoms with Gasteiger partial charge in [0.05, 0.1) is 0 Å². The minimum Gasteiger partial charge on any atom is -0.483 e. The molecule has 0 fully saturated rings. The first-order valence-corrected chi connectivity index (χ1v) is 9.34. The number of ether oxygens (including phenoxy) is 3. The molecule has 6 heteroatoms. The maximum Gasteiger partial charge on any atom is 0.344 e. The van der Waals surface area contributed by atoms with Crippen molar-refractivity contribution >= 4 is 17.6 Å². The van der Waals surface area contributed by atoms with Crippen molar-refractivity contribution in [3.05, 3.63) is 53.6 Å². The lowest BCUT2D eigenvalue weighted by atomic mass is 10.0. The summed E-state index contributed by atoms with van der Waals surface area (Å²) in [4.78, 5) is 23.8. The molecule has 0 radical (unpaired) electrons. The van der Waals surface area contributed by atoms with E-state index in [1.807, 2.05) is 50.2 Å². The quantitative estimate of drug-likeness (QED) is 0.741. The summed E-state index contributed by atoms with van der Waals surface area (Å²) in [6.45, 7) is 5.40. The molecule has 0 unspecified atom stereocenters. The summed E-state index contributed by atoms with van der Waals surface area (Å²) in [7, 11) is 0. The fraction of sp³-hybridized carbons (Fsp3) is 0.364. The van der Waals surface area contributed by atoms with Crippen LogP contribution in [0.15, 0.2) is 42.5 Å². The van der Waals surface area contributed by atoms with Crippen LogP contribution >= 0.6 is 0 Å². The van der Waals surface area contributed by atoms with Crippen LogP contribution in [-0.4, -0.2) is 30.7 Å². The molecule has 2 aromatic rings. The van der Waals surface area contributed by atoms with Crippen LogP contribution in [0.4, 0.5) is 5.69 Å². The first-order valence-electron chi connectivity index (χ1n) is 9.34. The maximum atomic E-state index is 11.9. The lowest BCUT2D eigenvalue weighted by Crippen LogP contribution is -2.25. The van der Waals surface area contributed by atoms with E-state index in [1.165, 1.54) is 5.56 Å². The predicted molar refractivity (Wildman–Crippen MR) is 106 cm³/mol. The molecule has 1 aliphatic rings. The Balaban J connectivity index is 1.45. The first-order chi connectivity index (χ1) is 13.4. The van der Waals surface area contributed by atoms with E-state index >= 15 is 0 Å². The molecule has 1 heterocycles. The number of rotatable bonds is 7. The van der Waals surface area contributed by atoms with Gasteiger partial charge in [0.15, 0.2) is 24.7 Å². The van der Waals surface area contributed by atoms with Crippen molar-refractivity contribution in [2.75, 3.05) is 18.5 Å². The molecule has 1 N–H and O–H groups in total. The molecule has 3 rings (SSSR count). The second kappa shape index (κ2) is 8.33. The molecule has 1 amide bonds. The van der Waals surface area contributed by atoms with E-state index in [4.69, 9.17) is 14.2 Å². The number of nitrogens with one attached hydrogen (secondary N) is 1. The highest BCUT2D eigenvalue weighted by molar-refractivity contribution is 5.92. The third kappa shape index (κ3) is 5.03. The Kier molecular flexibility index (Phi) is 5.87. The summed E-state index contributed by atoms with van der Waals surface area (Å²) in [5, 5.41) is 2.69. The van der Waals surface area contributed by atoms with Gasteiger partial charge in [0, 0.05) is 17.7 Å². The molecule has 0 spiro atoms. The van der Waals surface area contributed by atoms with E-state index in [1.54, 1.807) is 6.07 Å². The van der Waals surface area contributed by atoms with E-state index in [0.717, 1.165) is 18.4 Å². The van der Waals surface area contributed by atoms with E-state index in [-0.39, 0.29) is 18.8 Å². The molecule has 0 bridgehead atoms. The van der Waals surface area contributed by atoms with Gasteiger partial charge in [-0.3, -0.25) is 4.79 Å². The van der Waals surface area contributed by atoms with Gasteiger partial charge in [-0.05, 0) is 44.0 Å². The number of carbonyl (C=O) groups is 2. The summed E-state index contributed by atoms with van der Waals surface area (Å²) in [6.07, 6.45) is 1.71. The van der Waals surface area contributed by atoms with Crippen molar-refractivity contribution in [3.8, 4) is 11.5 Å². The highest BCUT2D eigenvalue weighted by Gasteiger charge is 2.32. The Morgan fingerprint density at radius 2 is 1.86 bits per heavy atom. The number of esters is 1. The Morgan fingerprint density at radius 1 is 1.11 bits per heavy atom. The van der Waals surface area contributed by atoms with Gasteiger partial charge in [0.1, 0.15) is 5.60 Å². The normalized spacial score (nSPS) is 14.0. The molecule has 6 nitrogen and oxygen atoms in total. The molecule has 2 aromatic carbocycles. The van der Waals surface area contributed by atoms with Gasteiger partial charge in [-0.2, -0.15) is 0 Å². The van der Waals surface area contributed by atoms with Crippen molar-refractivity contribution in [3.63, 3.8) is 0 Å². The van der Waals surface area contributed by atoms with E-state index in [0.29, 0.717) is 17.2 Å². The fourth-order valence-corrected chi connectivity index (χ4v) is 3.05. The van der Waals surface area contributed by atoms with Gasteiger partial charge in [-0.15, -0.1) is 0 Å². The lowest BCUT2D eigenvalue weighted by Gasteiger charge is -2.18. The fourth-order valence-electron chi connectivity index (χ4n) is 3.05. The third-order valence-electron chi connectivity index (χ3n) is 4.41. The Morgan fingerprint density at radius 3 is 2.57 bits per heavy atom. The van der Waals surface area contributed by atoms with Crippen molar-refractivity contribution < 1.29 is 23.8 Å². The SMILES string of the molecule is CCc1ccc(NC(=O)COC(=O)COc2cccc3c2OC(C)(C)C3)cc1. The second-order valence-electron chi connectivity index (χ2n) is 7.33. The van der Waals surface area contributed by atoms with Crippen LogP contribution in [0.3, 0.4) is 0 Å². The number of hydrogen-bond donors (Lipinski definition) is 1. The van der Waals surface area contributed by atoms with Gasteiger partial charge in [-0.25, -0.2) is 4.79 Å². The van der Waals surface area contributed by atoms with Gasteiger partial charge in [-0.1, -0.05) is 31.2 Å². The van der Waals surface area contributed by atoms with E-state index in [9.17, 15) is 9.59 Å². The number of aryl methyl sites for hydroxylation is 1. The zero-order valence-electron chi connectivity index (χ0n) is 16.4. The molecule has 0 saturated carbocycles. The summed E-state index contributed by atoms with van der Waals surface area (Å²) in [5.74, 6) is 0.142. The van der Waals surface area contributed by atoms with Crippen LogP contribution < -0.4 is 14.8 Å². The Labute approximate surface area is 164 Å². The molecule has 148 valence electrons. The highest BCUT2D eigenvalue weighted by Crippen LogP contribution is 2.41. The lowest BCUT2D eigenvalue weighted by molar-refractivity contribution is -0.149. The third-order valence-corrected chi connectivity index (χ3v) is 4.41. The number of fused-ring (bicyclic) bond motifs is 1. The molecule has 1 aliphatic heterocycles. The molecular formula is C22H25NO5. The molecule has 0 aliphatic carbocycles. The summed E-state index contributed by atoms with van der Waals surface area (Å²) in [5.41, 5.74) is 2.59. The summed E-state index contributed by atoms with van der Waals surface area (Å²) >= 11 is 0. The molecule has 0 saturated heterocycles. The van der Waals surface area contributed by atoms with Crippen molar-refractivity contribution in [2.45, 2.75) is 39.2 Å². The van der Waals surface area contributed by atoms with Crippen LogP contribution in [0.5, 0.6) is 11.5 Å². The van der Waals surface area contributed by atoms with Crippen LogP contribution in [0, 0.1) is 0 Å². The van der Waals surface area contributed by atoms with Crippen molar-refractivity contribution in [2.24, 2.45) is 0 Å². The smallest absolute Gasteiger partial charge is 0.344 e. The zero-order chi connectivity index (χ0) is 20.1. The van der Waals surface area contributed by atoms with Gasteiger partial charge in [0.2, 0.25) is 0 Å². The minimum absolute atomic E-state index is 0.293. The first kappa shape index (κ1) is 19.7. The molecule has 28 heavy (non-hydrogen) atoms. The Hall–Kier alpha value is -3.02. The van der Waals surface area contributed by atoms with E-state index < -0.39 is 11.9 Å². The number of benzene rings is 2. The Bertz CT molecular complexity index is 858. The zero-order valence-corrected chi connectivity index (χ0v) is 16.4. The van der Waals surface area contributed by atoms with Crippen LogP contribution in [0.1, 0.15) is 31.9 Å². The topological polar surface area (TPSA) is 73.9 Å². The maximum absolute atomic E-state index is 11.9. The number of para-hydroxylation sites is 1. The van der Waals surface area contributed by atoms with Crippen LogP contribution in [0.25, 0.3) is 0 Å². The largest absolute Gasteiger partial charge is 0.483 e. The average molecular weight is 383 g/mol. The second-order valence-corrected chi connectivity index (χ2v) is 7.33. The molecule has 0 aromatic heterocycles. The van der Waals surface area contributed by atoms with Crippen molar-refractivity contribution in [1.29, 1.82) is 0 Å².